The van der Waals surface area contributed by atoms with Crippen LogP contribution in [0.5, 0.6) is 0 Å². The second kappa shape index (κ2) is 5.48. The minimum atomic E-state index is -0.424. The zero-order valence-corrected chi connectivity index (χ0v) is 12.1. The third kappa shape index (κ3) is 2.30. The summed E-state index contributed by atoms with van der Waals surface area (Å²) in [6, 6.07) is 1.71. The Balaban J connectivity index is 1.78. The molecule has 1 saturated heterocycles. The summed E-state index contributed by atoms with van der Waals surface area (Å²) >= 11 is 6.25. The number of hydrogen-bond donors (Lipinski definition) is 0. The second-order valence-corrected chi connectivity index (χ2v) is 5.86. The first-order chi connectivity index (χ1) is 9.70. The lowest BCUT2D eigenvalue weighted by Gasteiger charge is -2.15. The fourth-order valence-corrected chi connectivity index (χ4v) is 3.31. The zero-order valence-electron chi connectivity index (χ0n) is 11.3. The average Bonchev–Trinajstić information content (AvgIpc) is 3.11. The number of hydrogen-bond acceptors (Lipinski definition) is 3. The molecule has 1 aromatic rings. The Bertz CT molecular complexity index is 510. The fourth-order valence-electron chi connectivity index (χ4n) is 2.96. The van der Waals surface area contributed by atoms with E-state index in [-0.39, 0.29) is 6.03 Å². The molecule has 1 unspecified atom stereocenters. The highest BCUT2D eigenvalue weighted by atomic mass is 35.5. The van der Waals surface area contributed by atoms with Gasteiger partial charge in [-0.1, -0.05) is 35.7 Å². The second-order valence-electron chi connectivity index (χ2n) is 5.35. The van der Waals surface area contributed by atoms with Crippen LogP contribution in [-0.2, 0) is 0 Å². The fraction of sp³-hybridized carbons (Fsp3) is 0.571. The first-order valence-electron chi connectivity index (χ1n) is 7.00. The van der Waals surface area contributed by atoms with Crippen LogP contribution in [-0.4, -0.2) is 34.7 Å². The molecule has 0 spiro atoms. The maximum absolute atomic E-state index is 12.3. The van der Waals surface area contributed by atoms with Crippen LogP contribution < -0.4 is 4.90 Å². The molecule has 20 heavy (non-hydrogen) atoms. The van der Waals surface area contributed by atoms with E-state index in [2.05, 4.69) is 11.7 Å². The third-order valence-electron chi connectivity index (χ3n) is 4.00. The van der Waals surface area contributed by atoms with Gasteiger partial charge in [0.05, 0.1) is 12.2 Å². The van der Waals surface area contributed by atoms with Gasteiger partial charge >= 0.3 is 6.03 Å². The number of carbonyl (C=O) groups is 1. The summed E-state index contributed by atoms with van der Waals surface area (Å²) < 4.78 is 5.35. The molecule has 0 bridgehead atoms. The number of amides is 2. The van der Waals surface area contributed by atoms with Crippen molar-refractivity contribution in [3.05, 3.63) is 24.4 Å². The molecular weight excluding hydrogens is 278 g/mol. The Hall–Kier alpha value is -1.49. The lowest BCUT2D eigenvalue weighted by atomic mass is 10.0. The van der Waals surface area contributed by atoms with Crippen LogP contribution in [0.4, 0.5) is 10.7 Å². The first kappa shape index (κ1) is 13.5. The van der Waals surface area contributed by atoms with Crippen molar-refractivity contribution in [2.24, 2.45) is 0 Å². The lowest BCUT2D eigenvalue weighted by Crippen LogP contribution is -2.33. The molecule has 1 atom stereocenters. The highest BCUT2D eigenvalue weighted by molar-refractivity contribution is 6.25. The number of carbonyl (C=O) groups excluding carboxylic acids is 1. The summed E-state index contributed by atoms with van der Waals surface area (Å²) in [7, 11) is 0. The molecule has 108 valence electrons. The van der Waals surface area contributed by atoms with Crippen LogP contribution in [0, 0.1) is 0 Å². The molecule has 1 aliphatic heterocycles. The van der Waals surface area contributed by atoms with E-state index in [0.29, 0.717) is 24.9 Å². The molecule has 2 amide bonds. The maximum atomic E-state index is 12.3. The molecule has 0 N–H and O–H groups in total. The molecule has 2 aliphatic rings. The van der Waals surface area contributed by atoms with Gasteiger partial charge in [0.2, 0.25) is 5.88 Å². The lowest BCUT2D eigenvalue weighted by molar-refractivity contribution is 0.224. The van der Waals surface area contributed by atoms with Gasteiger partial charge in [0.25, 0.3) is 0 Å². The molecule has 0 aromatic carbocycles. The Kier molecular flexibility index (Phi) is 3.70. The smallest absolute Gasteiger partial charge is 0.328 e. The van der Waals surface area contributed by atoms with E-state index in [1.165, 1.54) is 17.7 Å². The Morgan fingerprint density at radius 3 is 2.95 bits per heavy atom. The summed E-state index contributed by atoms with van der Waals surface area (Å²) in [6.07, 6.45) is 6.45. The molecule has 3 rings (SSSR count). The SMILES string of the molecule is C=CCN1CC(Cl)N(c2cc(C3CCCC3)no2)C1=O. The van der Waals surface area contributed by atoms with Gasteiger partial charge in [-0.3, -0.25) is 0 Å². The minimum absolute atomic E-state index is 0.154. The standard InChI is InChI=1S/C14H18ClN3O2/c1-2-7-17-9-12(15)18(14(17)19)13-8-11(16-20-13)10-5-3-4-6-10/h2,8,10,12H,1,3-7,9H2. The molecule has 1 aromatic heterocycles. The zero-order chi connectivity index (χ0) is 14.1. The van der Waals surface area contributed by atoms with Crippen molar-refractivity contribution in [3.8, 4) is 0 Å². The highest BCUT2D eigenvalue weighted by Crippen LogP contribution is 2.36. The number of halogens is 1. The van der Waals surface area contributed by atoms with Crippen LogP contribution in [0.2, 0.25) is 0 Å². The van der Waals surface area contributed by atoms with Crippen LogP contribution in [0.15, 0.2) is 23.2 Å². The molecule has 6 heteroatoms. The number of urea groups is 1. The van der Waals surface area contributed by atoms with E-state index in [9.17, 15) is 4.79 Å². The van der Waals surface area contributed by atoms with Gasteiger partial charge in [-0.15, -0.1) is 6.58 Å². The van der Waals surface area contributed by atoms with Crippen LogP contribution >= 0.6 is 11.6 Å². The van der Waals surface area contributed by atoms with Crippen molar-refractivity contribution < 1.29 is 9.32 Å². The van der Waals surface area contributed by atoms with Crippen molar-refractivity contribution in [1.82, 2.24) is 10.1 Å². The Morgan fingerprint density at radius 1 is 1.50 bits per heavy atom. The normalized spacial score (nSPS) is 23.9. The monoisotopic (exact) mass is 295 g/mol. The van der Waals surface area contributed by atoms with E-state index in [0.717, 1.165) is 18.5 Å². The van der Waals surface area contributed by atoms with Crippen LogP contribution in [0.3, 0.4) is 0 Å². The van der Waals surface area contributed by atoms with Gasteiger partial charge in [0.1, 0.15) is 5.50 Å². The molecular formula is C14H18ClN3O2. The molecule has 1 saturated carbocycles. The number of nitrogens with zero attached hydrogens (tertiary/aromatic N) is 3. The third-order valence-corrected chi connectivity index (χ3v) is 4.34. The van der Waals surface area contributed by atoms with Gasteiger partial charge in [0.15, 0.2) is 0 Å². The summed E-state index contributed by atoms with van der Waals surface area (Å²) in [6.45, 7) is 4.60. The van der Waals surface area contributed by atoms with Gasteiger partial charge in [-0.2, -0.15) is 0 Å². The van der Waals surface area contributed by atoms with E-state index in [1.54, 1.807) is 11.0 Å². The largest absolute Gasteiger partial charge is 0.338 e. The van der Waals surface area contributed by atoms with Crippen molar-refractivity contribution in [1.29, 1.82) is 0 Å². The summed E-state index contributed by atoms with van der Waals surface area (Å²) in [5.41, 5.74) is 0.517. The molecule has 1 aliphatic carbocycles. The number of anilines is 1. The van der Waals surface area contributed by atoms with E-state index in [1.807, 2.05) is 6.07 Å². The number of alkyl halides is 1. The topological polar surface area (TPSA) is 49.6 Å². The number of aromatic nitrogens is 1. The molecule has 2 fully saturated rings. The summed E-state index contributed by atoms with van der Waals surface area (Å²) in [5.74, 6) is 0.909. The number of rotatable bonds is 4. The van der Waals surface area contributed by atoms with E-state index < -0.39 is 5.50 Å². The van der Waals surface area contributed by atoms with Crippen LogP contribution in [0.1, 0.15) is 37.3 Å². The van der Waals surface area contributed by atoms with Crippen molar-refractivity contribution in [2.45, 2.75) is 37.1 Å². The van der Waals surface area contributed by atoms with Crippen molar-refractivity contribution in [2.75, 3.05) is 18.0 Å². The van der Waals surface area contributed by atoms with Gasteiger partial charge in [0, 0.05) is 18.5 Å². The minimum Gasteiger partial charge on any atom is -0.338 e. The van der Waals surface area contributed by atoms with Crippen LogP contribution in [0.25, 0.3) is 0 Å². The van der Waals surface area contributed by atoms with Gasteiger partial charge < -0.3 is 9.42 Å². The summed E-state index contributed by atoms with van der Waals surface area (Å²) in [4.78, 5) is 15.4. The first-order valence-corrected chi connectivity index (χ1v) is 7.44. The van der Waals surface area contributed by atoms with E-state index >= 15 is 0 Å². The Morgan fingerprint density at radius 2 is 2.25 bits per heavy atom. The predicted molar refractivity (Wildman–Crippen MR) is 77.0 cm³/mol. The van der Waals surface area contributed by atoms with Crippen molar-refractivity contribution in [3.63, 3.8) is 0 Å². The van der Waals surface area contributed by atoms with E-state index in [4.69, 9.17) is 16.1 Å². The molecule has 2 heterocycles. The quantitative estimate of drug-likeness (QED) is 0.486. The Labute approximate surface area is 123 Å². The predicted octanol–water partition coefficient (Wildman–Crippen LogP) is 3.33. The average molecular weight is 296 g/mol. The van der Waals surface area contributed by atoms with Crippen molar-refractivity contribution >= 4 is 23.5 Å². The molecule has 0 radical (unpaired) electrons. The van der Waals surface area contributed by atoms with Gasteiger partial charge in [-0.25, -0.2) is 9.69 Å². The van der Waals surface area contributed by atoms with Gasteiger partial charge in [-0.05, 0) is 12.8 Å². The molecule has 5 nitrogen and oxygen atoms in total. The summed E-state index contributed by atoms with van der Waals surface area (Å²) in [5, 5.41) is 4.12. The maximum Gasteiger partial charge on any atom is 0.328 e. The highest BCUT2D eigenvalue weighted by Gasteiger charge is 2.39.